The molecule has 3 N–H and O–H groups in total. The minimum Gasteiger partial charge on any atom is -0.495 e. The molecular formula is C14H15FN2O3S. The first-order chi connectivity index (χ1) is 9.91. The molecule has 0 aliphatic carbocycles. The molecule has 0 amide bonds. The molecule has 0 aromatic heterocycles. The Hall–Kier alpha value is -2.12. The van der Waals surface area contributed by atoms with Crippen LogP contribution in [0.2, 0.25) is 0 Å². The fourth-order valence-corrected chi connectivity index (χ4v) is 2.37. The summed E-state index contributed by atoms with van der Waals surface area (Å²) in [4.78, 5) is -0.0423. The lowest BCUT2D eigenvalue weighted by Gasteiger charge is -2.12. The van der Waals surface area contributed by atoms with Crippen molar-refractivity contribution < 1.29 is 17.5 Å². The van der Waals surface area contributed by atoms with E-state index >= 15 is 0 Å². The average Bonchev–Trinajstić information content (AvgIpc) is 2.45. The van der Waals surface area contributed by atoms with Crippen LogP contribution in [0.1, 0.15) is 5.56 Å². The van der Waals surface area contributed by atoms with Crippen LogP contribution < -0.4 is 15.2 Å². The Morgan fingerprint density at radius 2 is 1.95 bits per heavy atom. The zero-order valence-electron chi connectivity index (χ0n) is 11.3. The number of benzene rings is 2. The van der Waals surface area contributed by atoms with Gasteiger partial charge in [-0.2, -0.15) is 0 Å². The van der Waals surface area contributed by atoms with Crippen molar-refractivity contribution in [2.75, 3.05) is 12.4 Å². The summed E-state index contributed by atoms with van der Waals surface area (Å²) in [5.74, 6) is 0.102. The molecule has 7 heteroatoms. The number of sulfonamides is 1. The lowest BCUT2D eigenvalue weighted by atomic mass is 10.2. The SMILES string of the molecule is COc1ccc(S(N)(=O)=O)cc1NCc1ccccc1F. The maximum absolute atomic E-state index is 13.6. The third-order valence-electron chi connectivity index (χ3n) is 2.93. The molecule has 0 atom stereocenters. The number of rotatable bonds is 5. The Morgan fingerprint density at radius 3 is 2.57 bits per heavy atom. The fourth-order valence-electron chi connectivity index (χ4n) is 1.83. The van der Waals surface area contributed by atoms with Gasteiger partial charge in [-0.25, -0.2) is 17.9 Å². The van der Waals surface area contributed by atoms with Crippen LogP contribution in [-0.4, -0.2) is 15.5 Å². The molecule has 0 unspecified atom stereocenters. The number of halogens is 1. The Bertz CT molecular complexity index is 748. The lowest BCUT2D eigenvalue weighted by Crippen LogP contribution is -2.13. The normalized spacial score (nSPS) is 11.2. The van der Waals surface area contributed by atoms with Crippen LogP contribution in [-0.2, 0) is 16.6 Å². The summed E-state index contributed by atoms with van der Waals surface area (Å²) in [5, 5.41) is 8.04. The Balaban J connectivity index is 2.28. The maximum atomic E-state index is 13.6. The topological polar surface area (TPSA) is 81.4 Å². The summed E-state index contributed by atoms with van der Waals surface area (Å²) in [6, 6.07) is 10.5. The van der Waals surface area contributed by atoms with E-state index in [-0.39, 0.29) is 17.3 Å². The number of ether oxygens (including phenoxy) is 1. The third kappa shape index (κ3) is 3.71. The molecule has 0 saturated heterocycles. The molecule has 0 aliphatic heterocycles. The second kappa shape index (κ2) is 6.11. The van der Waals surface area contributed by atoms with Gasteiger partial charge in [0.05, 0.1) is 17.7 Å². The van der Waals surface area contributed by atoms with E-state index in [1.807, 2.05) is 0 Å². The molecule has 2 aromatic rings. The second-order valence-corrected chi connectivity index (χ2v) is 5.91. The van der Waals surface area contributed by atoms with Gasteiger partial charge in [-0.05, 0) is 24.3 Å². The highest BCUT2D eigenvalue weighted by Gasteiger charge is 2.12. The Kier molecular flexibility index (Phi) is 4.44. The molecular weight excluding hydrogens is 295 g/mol. The van der Waals surface area contributed by atoms with E-state index in [9.17, 15) is 12.8 Å². The molecule has 5 nitrogen and oxygen atoms in total. The van der Waals surface area contributed by atoms with E-state index in [0.717, 1.165) is 0 Å². The first-order valence-electron chi connectivity index (χ1n) is 6.10. The quantitative estimate of drug-likeness (QED) is 0.886. The second-order valence-electron chi connectivity index (χ2n) is 4.35. The predicted octanol–water partition coefficient (Wildman–Crippen LogP) is 2.09. The highest BCUT2D eigenvalue weighted by Crippen LogP contribution is 2.27. The molecule has 2 rings (SSSR count). The van der Waals surface area contributed by atoms with Crippen molar-refractivity contribution in [1.29, 1.82) is 0 Å². The summed E-state index contributed by atoms with van der Waals surface area (Å²) < 4.78 is 41.4. The van der Waals surface area contributed by atoms with Crippen LogP contribution >= 0.6 is 0 Å². The molecule has 21 heavy (non-hydrogen) atoms. The van der Waals surface area contributed by atoms with Gasteiger partial charge in [0.15, 0.2) is 0 Å². The molecule has 0 aliphatic rings. The Morgan fingerprint density at radius 1 is 1.24 bits per heavy atom. The minimum atomic E-state index is -3.81. The van der Waals surface area contributed by atoms with Gasteiger partial charge in [0.1, 0.15) is 11.6 Å². The molecule has 2 aromatic carbocycles. The molecule has 0 saturated carbocycles. The minimum absolute atomic E-state index is 0.0423. The summed E-state index contributed by atoms with van der Waals surface area (Å²) in [6.45, 7) is 0.192. The van der Waals surface area contributed by atoms with E-state index in [1.165, 1.54) is 31.4 Å². The van der Waals surface area contributed by atoms with Crippen LogP contribution in [0, 0.1) is 5.82 Å². The standard InChI is InChI=1S/C14H15FN2O3S/c1-20-14-7-6-11(21(16,18)19)8-13(14)17-9-10-4-2-3-5-12(10)15/h2-8,17H,9H2,1H3,(H2,16,18,19). The molecule has 0 spiro atoms. The Labute approximate surface area is 122 Å². The summed E-state index contributed by atoms with van der Waals surface area (Å²) in [6.07, 6.45) is 0. The van der Waals surface area contributed by atoms with Crippen LogP contribution in [0.15, 0.2) is 47.4 Å². The van der Waals surface area contributed by atoms with Crippen molar-refractivity contribution in [2.45, 2.75) is 11.4 Å². The van der Waals surface area contributed by atoms with E-state index in [0.29, 0.717) is 17.0 Å². The molecule has 0 radical (unpaired) electrons. The molecule has 0 bridgehead atoms. The van der Waals surface area contributed by atoms with Crippen molar-refractivity contribution >= 4 is 15.7 Å². The summed E-state index contributed by atoms with van der Waals surface area (Å²) in [7, 11) is -2.35. The number of anilines is 1. The van der Waals surface area contributed by atoms with Crippen LogP contribution in [0.5, 0.6) is 5.75 Å². The first kappa shape index (κ1) is 15.3. The van der Waals surface area contributed by atoms with Gasteiger partial charge in [-0.15, -0.1) is 0 Å². The van der Waals surface area contributed by atoms with Crippen molar-refractivity contribution in [3.8, 4) is 5.75 Å². The van der Waals surface area contributed by atoms with Gasteiger partial charge < -0.3 is 10.1 Å². The molecule has 0 fully saturated rings. The molecule has 112 valence electrons. The zero-order chi connectivity index (χ0) is 15.5. The van der Waals surface area contributed by atoms with Crippen molar-refractivity contribution in [3.05, 3.63) is 53.8 Å². The van der Waals surface area contributed by atoms with Gasteiger partial charge in [0, 0.05) is 12.1 Å². The lowest BCUT2D eigenvalue weighted by molar-refractivity contribution is 0.416. The third-order valence-corrected chi connectivity index (χ3v) is 3.84. The smallest absolute Gasteiger partial charge is 0.238 e. The summed E-state index contributed by atoms with van der Waals surface area (Å²) in [5.41, 5.74) is 0.882. The summed E-state index contributed by atoms with van der Waals surface area (Å²) >= 11 is 0. The van der Waals surface area contributed by atoms with E-state index in [1.54, 1.807) is 18.2 Å². The van der Waals surface area contributed by atoms with Gasteiger partial charge in [0.2, 0.25) is 10.0 Å². The van der Waals surface area contributed by atoms with Crippen molar-refractivity contribution in [3.63, 3.8) is 0 Å². The van der Waals surface area contributed by atoms with Gasteiger partial charge >= 0.3 is 0 Å². The molecule has 0 heterocycles. The number of hydrogen-bond donors (Lipinski definition) is 2. The van der Waals surface area contributed by atoms with Crippen LogP contribution in [0.3, 0.4) is 0 Å². The highest BCUT2D eigenvalue weighted by atomic mass is 32.2. The first-order valence-corrected chi connectivity index (χ1v) is 7.64. The van der Waals surface area contributed by atoms with Crippen LogP contribution in [0.4, 0.5) is 10.1 Å². The largest absolute Gasteiger partial charge is 0.495 e. The average molecular weight is 310 g/mol. The number of nitrogens with two attached hydrogens (primary N) is 1. The number of methoxy groups -OCH3 is 1. The van der Waals surface area contributed by atoms with E-state index in [4.69, 9.17) is 9.88 Å². The number of primary sulfonamides is 1. The van der Waals surface area contributed by atoms with Crippen LogP contribution in [0.25, 0.3) is 0 Å². The van der Waals surface area contributed by atoms with Crippen molar-refractivity contribution in [1.82, 2.24) is 0 Å². The van der Waals surface area contributed by atoms with Gasteiger partial charge in [-0.3, -0.25) is 0 Å². The number of nitrogens with one attached hydrogen (secondary N) is 1. The van der Waals surface area contributed by atoms with Gasteiger partial charge in [0.25, 0.3) is 0 Å². The van der Waals surface area contributed by atoms with E-state index in [2.05, 4.69) is 5.32 Å². The van der Waals surface area contributed by atoms with Gasteiger partial charge in [-0.1, -0.05) is 18.2 Å². The fraction of sp³-hybridized carbons (Fsp3) is 0.143. The maximum Gasteiger partial charge on any atom is 0.238 e. The van der Waals surface area contributed by atoms with E-state index < -0.39 is 10.0 Å². The van der Waals surface area contributed by atoms with Crippen molar-refractivity contribution in [2.24, 2.45) is 5.14 Å². The number of hydrogen-bond acceptors (Lipinski definition) is 4. The monoisotopic (exact) mass is 310 g/mol. The zero-order valence-corrected chi connectivity index (χ0v) is 12.2. The predicted molar refractivity (Wildman–Crippen MR) is 78.1 cm³/mol. The highest BCUT2D eigenvalue weighted by molar-refractivity contribution is 7.89.